The molecular formula is C9H14OSi2. The summed E-state index contributed by atoms with van der Waals surface area (Å²) in [5, 5.41) is 1.29. The molecule has 0 radical (unpaired) electrons. The fourth-order valence-corrected chi connectivity index (χ4v) is 3.16. The van der Waals surface area contributed by atoms with Crippen LogP contribution in [-0.2, 0) is 10.5 Å². The first kappa shape index (κ1) is 9.44. The Balaban J connectivity index is 2.47. The number of benzene rings is 1. The smallest absolute Gasteiger partial charge is 0.173 e. The summed E-state index contributed by atoms with van der Waals surface area (Å²) >= 11 is 0. The molecular weight excluding hydrogens is 180 g/mol. The summed E-state index contributed by atoms with van der Waals surface area (Å²) in [5.74, 6) is 0. The zero-order valence-corrected chi connectivity index (χ0v) is 10.8. The predicted molar refractivity (Wildman–Crippen MR) is 58.9 cm³/mol. The van der Waals surface area contributed by atoms with Crippen LogP contribution in [0.4, 0.5) is 0 Å². The lowest BCUT2D eigenvalue weighted by atomic mass is 10.1. The van der Waals surface area contributed by atoms with Gasteiger partial charge in [0.2, 0.25) is 0 Å². The third kappa shape index (κ3) is 3.17. The first-order valence-corrected chi connectivity index (χ1v) is 6.12. The van der Waals surface area contributed by atoms with Gasteiger partial charge in [-0.05, 0) is 12.0 Å². The van der Waals surface area contributed by atoms with Crippen LogP contribution in [0.3, 0.4) is 0 Å². The van der Waals surface area contributed by atoms with Crippen LogP contribution >= 0.6 is 0 Å². The van der Waals surface area contributed by atoms with Crippen LogP contribution in [0, 0.1) is 0 Å². The molecule has 64 valence electrons. The van der Waals surface area contributed by atoms with Crippen LogP contribution in [0.5, 0.6) is 0 Å². The van der Waals surface area contributed by atoms with Crippen molar-refractivity contribution < 1.29 is 4.12 Å². The number of hydrogen-bond donors (Lipinski definition) is 0. The van der Waals surface area contributed by atoms with Gasteiger partial charge in [-0.2, -0.15) is 0 Å². The van der Waals surface area contributed by atoms with E-state index in [9.17, 15) is 0 Å². The van der Waals surface area contributed by atoms with Crippen molar-refractivity contribution in [1.82, 2.24) is 0 Å². The minimum absolute atomic E-state index is 0.430. The highest BCUT2D eigenvalue weighted by Crippen LogP contribution is 2.04. The second-order valence-corrected chi connectivity index (χ2v) is 6.44. The standard InChI is InChI=1S/C9H14OSi2/c1-8(12-10-11)7-9-5-3-2-4-6-9/h2-6H,1,7,12H2,11H3. The Morgan fingerprint density at radius 2 is 2.08 bits per heavy atom. The van der Waals surface area contributed by atoms with Gasteiger partial charge in [0, 0.05) is 0 Å². The maximum Gasteiger partial charge on any atom is 0.173 e. The summed E-state index contributed by atoms with van der Waals surface area (Å²) in [4.78, 5) is 0. The van der Waals surface area contributed by atoms with Crippen LogP contribution in [-0.4, -0.2) is 20.2 Å². The first-order valence-electron chi connectivity index (χ1n) is 4.02. The molecule has 0 atom stereocenters. The second kappa shape index (κ2) is 5.08. The van der Waals surface area contributed by atoms with Gasteiger partial charge < -0.3 is 4.12 Å². The molecule has 1 rings (SSSR count). The van der Waals surface area contributed by atoms with E-state index in [-0.39, 0.29) is 0 Å². The molecule has 1 aromatic carbocycles. The largest absolute Gasteiger partial charge is 0.465 e. The van der Waals surface area contributed by atoms with Gasteiger partial charge >= 0.3 is 0 Å². The van der Waals surface area contributed by atoms with Crippen LogP contribution in [0.2, 0.25) is 0 Å². The van der Waals surface area contributed by atoms with E-state index in [1.165, 1.54) is 10.8 Å². The Kier molecular flexibility index (Phi) is 4.00. The Hall–Kier alpha value is -0.646. The quantitative estimate of drug-likeness (QED) is 0.619. The number of allylic oxidation sites excluding steroid dienone is 1. The fraction of sp³-hybridized carbons (Fsp3) is 0.111. The van der Waals surface area contributed by atoms with E-state index in [4.69, 9.17) is 4.12 Å². The van der Waals surface area contributed by atoms with Crippen molar-refractivity contribution in [3.8, 4) is 0 Å². The molecule has 0 heterocycles. The number of rotatable bonds is 4. The Labute approximate surface area is 78.9 Å². The maximum absolute atomic E-state index is 5.25. The molecule has 0 aliphatic carbocycles. The summed E-state index contributed by atoms with van der Waals surface area (Å²) in [6.45, 7) is 4.00. The second-order valence-electron chi connectivity index (χ2n) is 2.85. The molecule has 0 aromatic heterocycles. The normalized spacial score (nSPS) is 11.0. The Bertz CT molecular complexity index is 246. The van der Waals surface area contributed by atoms with Crippen molar-refractivity contribution in [2.75, 3.05) is 0 Å². The molecule has 0 saturated heterocycles. The zero-order chi connectivity index (χ0) is 8.81. The average Bonchev–Trinajstić information content (AvgIpc) is 2.06. The van der Waals surface area contributed by atoms with Crippen molar-refractivity contribution in [2.24, 2.45) is 0 Å². The zero-order valence-electron chi connectivity index (χ0n) is 7.42. The van der Waals surface area contributed by atoms with Gasteiger partial charge in [-0.1, -0.05) is 35.5 Å². The van der Waals surface area contributed by atoms with Crippen molar-refractivity contribution in [3.63, 3.8) is 0 Å². The van der Waals surface area contributed by atoms with E-state index in [2.05, 4.69) is 30.8 Å². The van der Waals surface area contributed by atoms with Gasteiger partial charge in [-0.15, -0.1) is 6.58 Å². The average molecular weight is 194 g/mol. The van der Waals surface area contributed by atoms with Gasteiger partial charge in [0.25, 0.3) is 0 Å². The highest BCUT2D eigenvalue weighted by atomic mass is 28.3. The predicted octanol–water partition coefficient (Wildman–Crippen LogP) is 0.124. The Morgan fingerprint density at radius 1 is 1.42 bits per heavy atom. The van der Waals surface area contributed by atoms with E-state index in [1.807, 2.05) is 6.07 Å². The van der Waals surface area contributed by atoms with Crippen molar-refractivity contribution >= 4 is 20.2 Å². The fourth-order valence-electron chi connectivity index (χ4n) is 1.14. The molecule has 0 N–H and O–H groups in total. The van der Waals surface area contributed by atoms with E-state index in [0.29, 0.717) is 0 Å². The number of hydrogen-bond acceptors (Lipinski definition) is 1. The summed E-state index contributed by atoms with van der Waals surface area (Å²) in [6.07, 6.45) is 0.995. The first-order chi connectivity index (χ1) is 5.83. The molecule has 0 saturated carbocycles. The Morgan fingerprint density at radius 3 is 2.67 bits per heavy atom. The minimum atomic E-state index is -0.430. The minimum Gasteiger partial charge on any atom is -0.465 e. The lowest BCUT2D eigenvalue weighted by molar-refractivity contribution is 0.670. The van der Waals surface area contributed by atoms with Crippen molar-refractivity contribution in [3.05, 3.63) is 47.7 Å². The molecule has 0 unspecified atom stereocenters. The third-order valence-electron chi connectivity index (χ3n) is 1.65. The molecule has 12 heavy (non-hydrogen) atoms. The van der Waals surface area contributed by atoms with Crippen LogP contribution in [0.25, 0.3) is 0 Å². The maximum atomic E-state index is 5.25. The van der Waals surface area contributed by atoms with Crippen molar-refractivity contribution in [1.29, 1.82) is 0 Å². The topological polar surface area (TPSA) is 9.23 Å². The van der Waals surface area contributed by atoms with Crippen molar-refractivity contribution in [2.45, 2.75) is 6.42 Å². The molecule has 0 aliphatic rings. The molecule has 1 nitrogen and oxygen atoms in total. The molecule has 1 aromatic rings. The molecule has 0 fully saturated rings. The highest BCUT2D eigenvalue weighted by molar-refractivity contribution is 6.42. The molecule has 0 amide bonds. The molecule has 3 heteroatoms. The highest BCUT2D eigenvalue weighted by Gasteiger charge is 1.95. The summed E-state index contributed by atoms with van der Waals surface area (Å²) < 4.78 is 5.25. The molecule has 0 aliphatic heterocycles. The van der Waals surface area contributed by atoms with Gasteiger partial charge in [-0.3, -0.25) is 0 Å². The van der Waals surface area contributed by atoms with Gasteiger partial charge in [0.05, 0.1) is 0 Å². The third-order valence-corrected chi connectivity index (χ3v) is 3.46. The van der Waals surface area contributed by atoms with Gasteiger partial charge in [0.15, 0.2) is 9.76 Å². The summed E-state index contributed by atoms with van der Waals surface area (Å²) in [5.41, 5.74) is 1.34. The summed E-state index contributed by atoms with van der Waals surface area (Å²) in [7, 11) is 0.424. The van der Waals surface area contributed by atoms with Crippen LogP contribution < -0.4 is 0 Å². The van der Waals surface area contributed by atoms with E-state index >= 15 is 0 Å². The van der Waals surface area contributed by atoms with E-state index < -0.39 is 9.76 Å². The van der Waals surface area contributed by atoms with Crippen LogP contribution in [0.15, 0.2) is 42.1 Å². The van der Waals surface area contributed by atoms with Crippen LogP contribution in [0.1, 0.15) is 5.56 Å². The monoisotopic (exact) mass is 194 g/mol. The lowest BCUT2D eigenvalue weighted by Gasteiger charge is -2.03. The van der Waals surface area contributed by atoms with E-state index in [1.54, 1.807) is 0 Å². The lowest BCUT2D eigenvalue weighted by Crippen LogP contribution is -2.01. The molecule has 0 spiro atoms. The van der Waals surface area contributed by atoms with Gasteiger partial charge in [0.1, 0.15) is 10.5 Å². The summed E-state index contributed by atoms with van der Waals surface area (Å²) in [6, 6.07) is 10.4. The van der Waals surface area contributed by atoms with Gasteiger partial charge in [-0.25, -0.2) is 0 Å². The SMILES string of the molecule is C=C(Cc1ccccc1)[SiH2]O[SiH3]. The molecule has 0 bridgehead atoms. The van der Waals surface area contributed by atoms with E-state index in [0.717, 1.165) is 16.9 Å².